The summed E-state index contributed by atoms with van der Waals surface area (Å²) in [6, 6.07) is 2.70. The smallest absolute Gasteiger partial charge is 0.0689 e. The summed E-state index contributed by atoms with van der Waals surface area (Å²) in [5.41, 5.74) is -0.0383. The van der Waals surface area contributed by atoms with Crippen molar-refractivity contribution in [3.05, 3.63) is 0 Å². The summed E-state index contributed by atoms with van der Waals surface area (Å²) >= 11 is 0. The zero-order chi connectivity index (χ0) is 19.4. The van der Waals surface area contributed by atoms with Crippen LogP contribution in [0.2, 0.25) is 0 Å². The maximum atomic E-state index is 9.76. The second kappa shape index (κ2) is 12.8. The molecule has 2 saturated carbocycles. The first-order valence-electron chi connectivity index (χ1n) is 12.2. The molecule has 0 aromatic rings. The fourth-order valence-electron chi connectivity index (χ4n) is 5.25. The van der Waals surface area contributed by atoms with E-state index in [2.05, 4.69) is 19.9 Å². The summed E-state index contributed by atoms with van der Waals surface area (Å²) in [6.07, 6.45) is 22.2. The van der Waals surface area contributed by atoms with Gasteiger partial charge in [0.05, 0.1) is 17.6 Å². The van der Waals surface area contributed by atoms with Gasteiger partial charge in [-0.2, -0.15) is 5.26 Å². The average molecular weight is 376 g/mol. The van der Waals surface area contributed by atoms with E-state index in [1.54, 1.807) is 0 Å². The zero-order valence-corrected chi connectivity index (χ0v) is 18.3. The third-order valence-corrected chi connectivity index (χ3v) is 7.39. The number of nitriles is 1. The highest BCUT2D eigenvalue weighted by Gasteiger charge is 2.35. The Morgan fingerprint density at radius 3 is 2.07 bits per heavy atom. The van der Waals surface area contributed by atoms with E-state index in [4.69, 9.17) is 4.74 Å². The molecule has 156 valence electrons. The molecule has 0 heterocycles. The summed E-state index contributed by atoms with van der Waals surface area (Å²) in [5.74, 6) is 1.79. The lowest BCUT2D eigenvalue weighted by atomic mass is 9.71. The highest BCUT2D eigenvalue weighted by molar-refractivity contribution is 5.01. The van der Waals surface area contributed by atoms with E-state index in [1.807, 2.05) is 0 Å². The summed E-state index contributed by atoms with van der Waals surface area (Å²) in [5, 5.41) is 9.76. The molecule has 2 rings (SSSR count). The minimum atomic E-state index is -0.0383. The van der Waals surface area contributed by atoms with Crippen molar-refractivity contribution in [3.8, 4) is 6.07 Å². The molecule has 0 spiro atoms. The summed E-state index contributed by atoms with van der Waals surface area (Å²) in [4.78, 5) is 0. The van der Waals surface area contributed by atoms with Crippen LogP contribution in [0.4, 0.5) is 0 Å². The molecule has 2 aliphatic carbocycles. The molecular formula is C25H45NO. The van der Waals surface area contributed by atoms with Crippen molar-refractivity contribution in [2.75, 3.05) is 6.61 Å². The van der Waals surface area contributed by atoms with E-state index in [9.17, 15) is 5.26 Å². The van der Waals surface area contributed by atoms with Gasteiger partial charge in [0.25, 0.3) is 0 Å². The lowest BCUT2D eigenvalue weighted by Gasteiger charge is -2.36. The molecule has 0 amide bonds. The number of hydrogen-bond donors (Lipinski definition) is 0. The van der Waals surface area contributed by atoms with Gasteiger partial charge in [-0.1, -0.05) is 78.1 Å². The molecule has 27 heavy (non-hydrogen) atoms. The topological polar surface area (TPSA) is 33.0 Å². The minimum absolute atomic E-state index is 0.0383. The van der Waals surface area contributed by atoms with E-state index < -0.39 is 0 Å². The van der Waals surface area contributed by atoms with Gasteiger partial charge >= 0.3 is 0 Å². The number of ether oxygens (including phenoxy) is 1. The predicted molar refractivity (Wildman–Crippen MR) is 115 cm³/mol. The van der Waals surface area contributed by atoms with E-state index in [0.29, 0.717) is 6.10 Å². The number of hydrogen-bond acceptors (Lipinski definition) is 2. The van der Waals surface area contributed by atoms with Gasteiger partial charge in [-0.3, -0.25) is 0 Å². The quantitative estimate of drug-likeness (QED) is 0.326. The summed E-state index contributed by atoms with van der Waals surface area (Å²) < 4.78 is 6.32. The van der Waals surface area contributed by atoms with E-state index >= 15 is 0 Å². The predicted octanol–water partition coefficient (Wildman–Crippen LogP) is 7.81. The molecule has 0 unspecified atom stereocenters. The first-order valence-corrected chi connectivity index (χ1v) is 12.2. The van der Waals surface area contributed by atoms with E-state index in [1.165, 1.54) is 77.0 Å². The van der Waals surface area contributed by atoms with Gasteiger partial charge in [0.15, 0.2) is 0 Å². The average Bonchev–Trinajstić information content (AvgIpc) is 2.72. The Morgan fingerprint density at radius 1 is 0.815 bits per heavy atom. The fraction of sp³-hybridized carbons (Fsp3) is 0.960. The fourth-order valence-corrected chi connectivity index (χ4v) is 5.25. The van der Waals surface area contributed by atoms with E-state index in [0.717, 1.165) is 50.5 Å². The maximum absolute atomic E-state index is 9.76. The highest BCUT2D eigenvalue weighted by atomic mass is 16.5. The molecule has 0 aromatic carbocycles. The van der Waals surface area contributed by atoms with Crippen molar-refractivity contribution in [3.63, 3.8) is 0 Å². The molecule has 0 atom stereocenters. The van der Waals surface area contributed by atoms with Crippen LogP contribution < -0.4 is 0 Å². The zero-order valence-electron chi connectivity index (χ0n) is 18.3. The molecule has 0 N–H and O–H groups in total. The van der Waals surface area contributed by atoms with Crippen molar-refractivity contribution in [1.29, 1.82) is 5.26 Å². The molecule has 0 bridgehead atoms. The Bertz CT molecular complexity index is 411. The second-order valence-corrected chi connectivity index (χ2v) is 9.62. The third kappa shape index (κ3) is 8.15. The maximum Gasteiger partial charge on any atom is 0.0689 e. The SMILES string of the molecule is CCCCCCC[C@]1(C#N)CC[C@H](OC[C@H]2CC[C@H](CCCC)CC2)CC1. The van der Waals surface area contributed by atoms with Gasteiger partial charge in [0.2, 0.25) is 0 Å². The third-order valence-electron chi connectivity index (χ3n) is 7.39. The minimum Gasteiger partial charge on any atom is -0.378 e. The second-order valence-electron chi connectivity index (χ2n) is 9.62. The van der Waals surface area contributed by atoms with Crippen LogP contribution in [0.15, 0.2) is 0 Å². The van der Waals surface area contributed by atoms with Crippen LogP contribution in [0.5, 0.6) is 0 Å². The van der Waals surface area contributed by atoms with Crippen molar-refractivity contribution < 1.29 is 4.74 Å². The standard InChI is InChI=1S/C25H45NO/c1-3-5-7-8-9-17-25(21-26)18-15-24(16-19-25)27-20-23-13-11-22(12-14-23)10-6-4-2/h22-24H,3-20H2,1-2H3/t22-,23-,24-,25-. The Labute approximate surface area is 169 Å². The first kappa shape index (κ1) is 22.7. The van der Waals surface area contributed by atoms with Crippen LogP contribution in [0.1, 0.15) is 123 Å². The van der Waals surface area contributed by atoms with Crippen LogP contribution in [-0.2, 0) is 4.74 Å². The van der Waals surface area contributed by atoms with Gasteiger partial charge in [-0.25, -0.2) is 0 Å². The Balaban J connectivity index is 1.59. The van der Waals surface area contributed by atoms with Gasteiger partial charge in [0, 0.05) is 6.61 Å². The molecule has 0 radical (unpaired) electrons. The summed E-state index contributed by atoms with van der Waals surface area (Å²) in [6.45, 7) is 5.54. The molecule has 2 aliphatic rings. The van der Waals surface area contributed by atoms with Crippen molar-refractivity contribution in [2.24, 2.45) is 17.3 Å². The van der Waals surface area contributed by atoms with Crippen molar-refractivity contribution in [1.82, 2.24) is 0 Å². The number of unbranched alkanes of at least 4 members (excludes halogenated alkanes) is 5. The van der Waals surface area contributed by atoms with Gasteiger partial charge in [0.1, 0.15) is 0 Å². The van der Waals surface area contributed by atoms with Crippen LogP contribution in [-0.4, -0.2) is 12.7 Å². The monoisotopic (exact) mass is 375 g/mol. The van der Waals surface area contributed by atoms with Gasteiger partial charge < -0.3 is 4.74 Å². The lowest BCUT2D eigenvalue weighted by molar-refractivity contribution is -0.0185. The molecule has 2 fully saturated rings. The first-order chi connectivity index (χ1) is 13.2. The Hall–Kier alpha value is -0.550. The van der Waals surface area contributed by atoms with Crippen LogP contribution in [0.25, 0.3) is 0 Å². The molecule has 2 nitrogen and oxygen atoms in total. The van der Waals surface area contributed by atoms with Crippen molar-refractivity contribution >= 4 is 0 Å². The summed E-state index contributed by atoms with van der Waals surface area (Å²) in [7, 11) is 0. The highest BCUT2D eigenvalue weighted by Crippen LogP contribution is 2.41. The van der Waals surface area contributed by atoms with Gasteiger partial charge in [-0.15, -0.1) is 0 Å². The largest absolute Gasteiger partial charge is 0.378 e. The van der Waals surface area contributed by atoms with Crippen LogP contribution in [0, 0.1) is 28.6 Å². The van der Waals surface area contributed by atoms with E-state index in [-0.39, 0.29) is 5.41 Å². The van der Waals surface area contributed by atoms with Crippen molar-refractivity contribution in [2.45, 2.75) is 129 Å². The molecule has 2 heteroatoms. The molecule has 0 aromatic heterocycles. The normalized spacial score (nSPS) is 31.5. The molecular weight excluding hydrogens is 330 g/mol. The lowest BCUT2D eigenvalue weighted by Crippen LogP contribution is -2.31. The van der Waals surface area contributed by atoms with Crippen LogP contribution >= 0.6 is 0 Å². The number of rotatable bonds is 12. The molecule has 0 saturated heterocycles. The van der Waals surface area contributed by atoms with Gasteiger partial charge in [-0.05, 0) is 56.8 Å². The Morgan fingerprint density at radius 2 is 1.44 bits per heavy atom. The number of nitrogens with zero attached hydrogens (tertiary/aromatic N) is 1. The Kier molecular flexibility index (Phi) is 10.8. The van der Waals surface area contributed by atoms with Crippen LogP contribution in [0.3, 0.4) is 0 Å². The molecule has 0 aliphatic heterocycles.